The van der Waals surface area contributed by atoms with Gasteiger partial charge in [0.25, 0.3) is 0 Å². The average molecular weight is 395 g/mol. The van der Waals surface area contributed by atoms with Crippen LogP contribution in [-0.2, 0) is 0 Å². The van der Waals surface area contributed by atoms with Crippen LogP contribution < -0.4 is 0 Å². The lowest BCUT2D eigenvalue weighted by molar-refractivity contribution is 0.0959. The van der Waals surface area contributed by atoms with E-state index in [2.05, 4.69) is 15.9 Å². The summed E-state index contributed by atoms with van der Waals surface area (Å²) in [5, 5.41) is 0. The van der Waals surface area contributed by atoms with Gasteiger partial charge in [0.05, 0.1) is 5.56 Å². The largest absolute Gasteiger partial charge is 0.456 e. The average Bonchev–Trinajstić information content (AvgIpc) is 3.02. The first-order valence-corrected chi connectivity index (χ1v) is 8.89. The number of hydrogen-bond donors (Lipinski definition) is 0. The lowest BCUT2D eigenvalue weighted by Crippen LogP contribution is -2.19. The molecule has 4 heteroatoms. The molecule has 0 amide bonds. The molecule has 2 aromatic carbocycles. The van der Waals surface area contributed by atoms with Crippen molar-refractivity contribution in [2.75, 3.05) is 0 Å². The lowest BCUT2D eigenvalue weighted by Gasteiger charge is -2.14. The Morgan fingerprint density at radius 3 is 2.04 bits per heavy atom. The minimum atomic E-state index is -0.226. The summed E-state index contributed by atoms with van der Waals surface area (Å²) in [6.07, 6.45) is 0. The Kier molecular flexibility index (Phi) is 3.73. The van der Waals surface area contributed by atoms with Crippen LogP contribution in [0, 0.1) is 0 Å². The van der Waals surface area contributed by atoms with Crippen LogP contribution in [0.4, 0.5) is 0 Å². The predicted molar refractivity (Wildman–Crippen MR) is 99.2 cm³/mol. The first-order valence-electron chi connectivity index (χ1n) is 8.10. The minimum Gasteiger partial charge on any atom is -0.456 e. The summed E-state index contributed by atoms with van der Waals surface area (Å²) in [5.74, 6) is 0.495. The van der Waals surface area contributed by atoms with Gasteiger partial charge >= 0.3 is 0 Å². The van der Waals surface area contributed by atoms with Crippen molar-refractivity contribution in [1.82, 2.24) is 0 Å². The van der Waals surface area contributed by atoms with E-state index in [0.717, 1.165) is 15.6 Å². The van der Waals surface area contributed by atoms with Gasteiger partial charge < -0.3 is 4.42 Å². The standard InChI is InChI=1S/C21H15BrO3/c1-11(2)20-16(12-7-9-13(22)10-8-12)17-18(23)14-5-3-4-6-15(14)19(24)21(17)25-20/h3-11H,1-2H3. The van der Waals surface area contributed by atoms with E-state index in [0.29, 0.717) is 22.5 Å². The van der Waals surface area contributed by atoms with E-state index in [1.54, 1.807) is 24.3 Å². The predicted octanol–water partition coefficient (Wildman–Crippen LogP) is 5.61. The SMILES string of the molecule is CC(C)c1oc2c(c1-c1ccc(Br)cc1)C(=O)c1ccccc1C2=O. The quantitative estimate of drug-likeness (QED) is 0.443. The molecule has 0 saturated carbocycles. The molecule has 0 bridgehead atoms. The molecular formula is C21H15BrO3. The van der Waals surface area contributed by atoms with Crippen molar-refractivity contribution in [2.24, 2.45) is 0 Å². The van der Waals surface area contributed by atoms with Gasteiger partial charge in [0.1, 0.15) is 5.76 Å². The molecule has 4 rings (SSSR count). The van der Waals surface area contributed by atoms with Gasteiger partial charge in [-0.05, 0) is 17.7 Å². The number of rotatable bonds is 2. The molecule has 1 aliphatic rings. The maximum absolute atomic E-state index is 13.1. The second-order valence-corrected chi connectivity index (χ2v) is 7.33. The summed E-state index contributed by atoms with van der Waals surface area (Å²) < 4.78 is 6.89. The van der Waals surface area contributed by atoms with Crippen LogP contribution in [0.1, 0.15) is 57.6 Å². The Labute approximate surface area is 153 Å². The molecule has 0 fully saturated rings. The Bertz CT molecular complexity index is 1010. The number of ketones is 2. The van der Waals surface area contributed by atoms with E-state index in [4.69, 9.17) is 4.42 Å². The van der Waals surface area contributed by atoms with Crippen molar-refractivity contribution < 1.29 is 14.0 Å². The lowest BCUT2D eigenvalue weighted by atomic mass is 9.84. The smallest absolute Gasteiger partial charge is 0.229 e. The van der Waals surface area contributed by atoms with E-state index in [9.17, 15) is 9.59 Å². The number of halogens is 1. The molecule has 0 atom stereocenters. The van der Waals surface area contributed by atoms with Crippen molar-refractivity contribution in [3.8, 4) is 11.1 Å². The van der Waals surface area contributed by atoms with Gasteiger partial charge in [0.2, 0.25) is 5.78 Å². The molecule has 0 spiro atoms. The highest BCUT2D eigenvalue weighted by Crippen LogP contribution is 2.41. The second kappa shape index (κ2) is 5.81. The normalized spacial score (nSPS) is 13.1. The van der Waals surface area contributed by atoms with Crippen molar-refractivity contribution in [3.05, 3.63) is 81.2 Å². The molecule has 0 unspecified atom stereocenters. The first kappa shape index (κ1) is 16.0. The van der Waals surface area contributed by atoms with Gasteiger partial charge in [-0.2, -0.15) is 0 Å². The summed E-state index contributed by atoms with van der Waals surface area (Å²) in [6.45, 7) is 3.99. The third-order valence-corrected chi connectivity index (χ3v) is 4.97. The maximum Gasteiger partial charge on any atom is 0.229 e. The number of carbonyl (C=O) groups is 2. The number of furan rings is 1. The van der Waals surface area contributed by atoms with E-state index in [-0.39, 0.29) is 23.2 Å². The van der Waals surface area contributed by atoms with Crippen LogP contribution in [0.15, 0.2) is 57.4 Å². The number of benzene rings is 2. The van der Waals surface area contributed by atoms with Gasteiger partial charge in [0.15, 0.2) is 11.5 Å². The van der Waals surface area contributed by atoms with Crippen LogP contribution in [0.2, 0.25) is 0 Å². The molecule has 0 radical (unpaired) electrons. The zero-order chi connectivity index (χ0) is 17.7. The Morgan fingerprint density at radius 2 is 1.44 bits per heavy atom. The molecule has 0 aliphatic heterocycles. The highest BCUT2D eigenvalue weighted by atomic mass is 79.9. The Hall–Kier alpha value is -2.46. The Morgan fingerprint density at radius 1 is 0.840 bits per heavy atom. The highest BCUT2D eigenvalue weighted by Gasteiger charge is 2.37. The van der Waals surface area contributed by atoms with Crippen molar-refractivity contribution in [3.63, 3.8) is 0 Å². The number of fused-ring (bicyclic) bond motifs is 2. The second-order valence-electron chi connectivity index (χ2n) is 6.41. The molecule has 3 nitrogen and oxygen atoms in total. The van der Waals surface area contributed by atoms with Gasteiger partial charge in [-0.3, -0.25) is 9.59 Å². The van der Waals surface area contributed by atoms with Crippen molar-refractivity contribution >= 4 is 27.5 Å². The summed E-state index contributed by atoms with van der Waals surface area (Å²) >= 11 is 3.43. The minimum absolute atomic E-state index is 0.0490. The van der Waals surface area contributed by atoms with Gasteiger partial charge in [-0.15, -0.1) is 0 Å². The summed E-state index contributed by atoms with van der Waals surface area (Å²) in [6, 6.07) is 14.6. The maximum atomic E-state index is 13.1. The van der Waals surface area contributed by atoms with Gasteiger partial charge in [-0.1, -0.05) is 66.2 Å². The van der Waals surface area contributed by atoms with E-state index < -0.39 is 0 Å². The highest BCUT2D eigenvalue weighted by molar-refractivity contribution is 9.10. The number of carbonyl (C=O) groups excluding carboxylic acids is 2. The molecule has 124 valence electrons. The third-order valence-electron chi connectivity index (χ3n) is 4.44. The molecule has 1 aliphatic carbocycles. The fourth-order valence-corrected chi connectivity index (χ4v) is 3.54. The van der Waals surface area contributed by atoms with Crippen LogP contribution in [0.3, 0.4) is 0 Å². The van der Waals surface area contributed by atoms with E-state index in [1.165, 1.54) is 0 Å². The van der Waals surface area contributed by atoms with Crippen LogP contribution in [0.25, 0.3) is 11.1 Å². The molecule has 1 heterocycles. The fraction of sp³-hybridized carbons (Fsp3) is 0.143. The van der Waals surface area contributed by atoms with Crippen molar-refractivity contribution in [2.45, 2.75) is 19.8 Å². The number of hydrogen-bond acceptors (Lipinski definition) is 3. The molecule has 1 aromatic heterocycles. The zero-order valence-corrected chi connectivity index (χ0v) is 15.4. The van der Waals surface area contributed by atoms with Gasteiger partial charge in [-0.25, -0.2) is 0 Å². The molecule has 0 N–H and O–H groups in total. The third kappa shape index (κ3) is 2.40. The van der Waals surface area contributed by atoms with Crippen molar-refractivity contribution in [1.29, 1.82) is 0 Å². The van der Waals surface area contributed by atoms with Crippen LogP contribution in [-0.4, -0.2) is 11.6 Å². The first-order chi connectivity index (χ1) is 12.0. The van der Waals surface area contributed by atoms with Crippen LogP contribution in [0.5, 0.6) is 0 Å². The molecule has 25 heavy (non-hydrogen) atoms. The summed E-state index contributed by atoms with van der Waals surface area (Å²) in [4.78, 5) is 26.0. The Balaban J connectivity index is 2.03. The summed E-state index contributed by atoms with van der Waals surface area (Å²) in [7, 11) is 0. The van der Waals surface area contributed by atoms with E-state index in [1.807, 2.05) is 38.1 Å². The molecule has 3 aromatic rings. The fourth-order valence-electron chi connectivity index (χ4n) is 3.27. The van der Waals surface area contributed by atoms with E-state index >= 15 is 0 Å². The zero-order valence-electron chi connectivity index (χ0n) is 13.8. The summed E-state index contributed by atoms with van der Waals surface area (Å²) in [5.41, 5.74) is 2.83. The van der Waals surface area contributed by atoms with Crippen LogP contribution >= 0.6 is 15.9 Å². The van der Waals surface area contributed by atoms with Gasteiger partial charge in [0, 0.05) is 27.1 Å². The topological polar surface area (TPSA) is 47.3 Å². The molecular weight excluding hydrogens is 380 g/mol. The monoisotopic (exact) mass is 394 g/mol. The molecule has 0 saturated heterocycles.